The summed E-state index contributed by atoms with van der Waals surface area (Å²) in [4.78, 5) is 19.1. The molecule has 1 N–H and O–H groups in total. The molecule has 7 nitrogen and oxygen atoms in total. The number of amides is 2. The number of imidazole rings is 1. The van der Waals surface area contributed by atoms with E-state index >= 15 is 0 Å². The van der Waals surface area contributed by atoms with Gasteiger partial charge in [-0.1, -0.05) is 6.92 Å². The Kier molecular flexibility index (Phi) is 4.97. The van der Waals surface area contributed by atoms with Gasteiger partial charge in [0.2, 0.25) is 0 Å². The van der Waals surface area contributed by atoms with Gasteiger partial charge in [-0.25, -0.2) is 9.78 Å². The van der Waals surface area contributed by atoms with Gasteiger partial charge in [0.1, 0.15) is 23.4 Å². The maximum absolute atomic E-state index is 12.8. The molecule has 0 aromatic carbocycles. The van der Waals surface area contributed by atoms with E-state index in [1.165, 1.54) is 12.8 Å². The van der Waals surface area contributed by atoms with Gasteiger partial charge in [0, 0.05) is 25.9 Å². The van der Waals surface area contributed by atoms with Crippen LogP contribution in [-0.2, 0) is 30.7 Å². The topological polar surface area (TPSA) is 72.5 Å². The van der Waals surface area contributed by atoms with E-state index in [0.29, 0.717) is 26.3 Å². The Morgan fingerprint density at radius 2 is 2.27 bits per heavy atom. The lowest BCUT2D eigenvalue weighted by Crippen LogP contribution is -2.48. The van der Waals surface area contributed by atoms with Gasteiger partial charge >= 0.3 is 6.03 Å². The Morgan fingerprint density at radius 1 is 1.35 bits per heavy atom. The number of aromatic nitrogens is 2. The lowest BCUT2D eigenvalue weighted by Gasteiger charge is -2.34. The zero-order chi connectivity index (χ0) is 17.9. The van der Waals surface area contributed by atoms with Crippen molar-refractivity contribution in [3.05, 3.63) is 41.4 Å². The van der Waals surface area contributed by atoms with Crippen LogP contribution in [0, 0.1) is 0 Å². The largest absolute Gasteiger partial charge is 0.464 e. The van der Waals surface area contributed by atoms with Gasteiger partial charge in [-0.3, -0.25) is 0 Å². The van der Waals surface area contributed by atoms with Gasteiger partial charge in [0.25, 0.3) is 0 Å². The first-order valence-electron chi connectivity index (χ1n) is 9.50. The molecule has 0 saturated carbocycles. The number of urea groups is 1. The Labute approximate surface area is 153 Å². The maximum Gasteiger partial charge on any atom is 0.318 e. The van der Waals surface area contributed by atoms with Gasteiger partial charge < -0.3 is 23.9 Å². The Balaban J connectivity index is 1.43. The summed E-state index contributed by atoms with van der Waals surface area (Å²) in [5.41, 5.74) is 1.07. The number of aryl methyl sites for hydroxylation is 2. The summed E-state index contributed by atoms with van der Waals surface area (Å²) in [6.07, 6.45) is 6.12. The van der Waals surface area contributed by atoms with Crippen LogP contribution in [0.1, 0.15) is 48.8 Å². The summed E-state index contributed by atoms with van der Waals surface area (Å²) in [7, 11) is 0. The number of hydrogen-bond acceptors (Lipinski definition) is 4. The van der Waals surface area contributed by atoms with Gasteiger partial charge in [-0.2, -0.15) is 0 Å². The number of carbonyl (C=O) groups is 1. The molecule has 0 bridgehead atoms. The smallest absolute Gasteiger partial charge is 0.318 e. The zero-order valence-electron chi connectivity index (χ0n) is 15.2. The van der Waals surface area contributed by atoms with Crippen LogP contribution < -0.4 is 5.32 Å². The van der Waals surface area contributed by atoms with E-state index in [4.69, 9.17) is 9.15 Å². The number of rotatable bonds is 4. The van der Waals surface area contributed by atoms with Crippen molar-refractivity contribution in [2.75, 3.05) is 19.8 Å². The third-order valence-corrected chi connectivity index (χ3v) is 5.22. The normalized spacial score (nSPS) is 20.0. The fourth-order valence-electron chi connectivity index (χ4n) is 3.73. The van der Waals surface area contributed by atoms with Gasteiger partial charge in [0.05, 0.1) is 31.6 Å². The molecule has 1 fully saturated rings. The highest BCUT2D eigenvalue weighted by molar-refractivity contribution is 5.74. The molecule has 140 valence electrons. The predicted octanol–water partition coefficient (Wildman–Crippen LogP) is 2.66. The van der Waals surface area contributed by atoms with Crippen molar-refractivity contribution in [2.24, 2.45) is 0 Å². The number of hydrogen-bond donors (Lipinski definition) is 1. The molecular weight excluding hydrogens is 332 g/mol. The Hall–Kier alpha value is -2.28. The summed E-state index contributed by atoms with van der Waals surface area (Å²) >= 11 is 0. The Bertz CT molecular complexity index is 767. The molecule has 2 amide bonds. The molecule has 26 heavy (non-hydrogen) atoms. The van der Waals surface area contributed by atoms with Crippen LogP contribution in [0.3, 0.4) is 0 Å². The average molecular weight is 358 g/mol. The van der Waals surface area contributed by atoms with Crippen molar-refractivity contribution in [2.45, 2.75) is 51.7 Å². The highest BCUT2D eigenvalue weighted by atomic mass is 16.5. The van der Waals surface area contributed by atoms with E-state index in [1.54, 1.807) is 0 Å². The fourth-order valence-corrected chi connectivity index (χ4v) is 3.73. The molecule has 0 aliphatic carbocycles. The SMILES string of the molecule is CCc1ccc(C2COCCN2C(=O)NCc2cnc3n2CCCC3)o1. The first-order valence-corrected chi connectivity index (χ1v) is 9.50. The lowest BCUT2D eigenvalue weighted by molar-refractivity contribution is 0.00389. The Morgan fingerprint density at radius 3 is 3.12 bits per heavy atom. The first-order chi connectivity index (χ1) is 12.8. The highest BCUT2D eigenvalue weighted by Crippen LogP contribution is 2.26. The van der Waals surface area contributed by atoms with Crippen LogP contribution in [0.2, 0.25) is 0 Å². The molecule has 2 aromatic heterocycles. The molecule has 0 radical (unpaired) electrons. The van der Waals surface area contributed by atoms with E-state index in [2.05, 4.69) is 21.8 Å². The summed E-state index contributed by atoms with van der Waals surface area (Å²) in [5, 5.41) is 3.05. The molecule has 2 aliphatic heterocycles. The average Bonchev–Trinajstić information content (AvgIpc) is 3.33. The van der Waals surface area contributed by atoms with Crippen molar-refractivity contribution in [3.63, 3.8) is 0 Å². The second-order valence-corrected chi connectivity index (χ2v) is 6.87. The molecular formula is C19H26N4O3. The number of nitrogens with one attached hydrogen (secondary N) is 1. The molecule has 1 saturated heterocycles. The number of carbonyl (C=O) groups excluding carboxylic acids is 1. The van der Waals surface area contributed by atoms with E-state index in [1.807, 2.05) is 23.2 Å². The van der Waals surface area contributed by atoms with Crippen LogP contribution in [0.4, 0.5) is 4.79 Å². The van der Waals surface area contributed by atoms with Crippen molar-refractivity contribution >= 4 is 6.03 Å². The summed E-state index contributed by atoms with van der Waals surface area (Å²) in [6, 6.07) is 3.66. The third kappa shape index (κ3) is 3.35. The van der Waals surface area contributed by atoms with Crippen LogP contribution >= 0.6 is 0 Å². The van der Waals surface area contributed by atoms with Gasteiger partial charge in [-0.05, 0) is 25.0 Å². The van der Waals surface area contributed by atoms with E-state index < -0.39 is 0 Å². The first kappa shape index (κ1) is 17.1. The van der Waals surface area contributed by atoms with Crippen molar-refractivity contribution in [1.82, 2.24) is 19.8 Å². The van der Waals surface area contributed by atoms with Crippen LogP contribution in [0.15, 0.2) is 22.7 Å². The molecule has 0 spiro atoms. The van der Waals surface area contributed by atoms with Crippen LogP contribution in [0.25, 0.3) is 0 Å². The summed E-state index contributed by atoms with van der Waals surface area (Å²) in [6.45, 7) is 5.11. The summed E-state index contributed by atoms with van der Waals surface area (Å²) < 4.78 is 13.7. The van der Waals surface area contributed by atoms with Crippen molar-refractivity contribution in [3.8, 4) is 0 Å². The quantitative estimate of drug-likeness (QED) is 0.912. The molecule has 1 unspecified atom stereocenters. The minimum atomic E-state index is -0.177. The van der Waals surface area contributed by atoms with Crippen molar-refractivity contribution in [1.29, 1.82) is 0 Å². The zero-order valence-corrected chi connectivity index (χ0v) is 15.2. The molecule has 1 atom stereocenters. The minimum absolute atomic E-state index is 0.0842. The maximum atomic E-state index is 12.8. The highest BCUT2D eigenvalue weighted by Gasteiger charge is 2.31. The molecule has 4 rings (SSSR count). The minimum Gasteiger partial charge on any atom is -0.464 e. The number of fused-ring (bicyclic) bond motifs is 1. The van der Waals surface area contributed by atoms with Gasteiger partial charge in [-0.15, -0.1) is 0 Å². The van der Waals surface area contributed by atoms with E-state index in [0.717, 1.165) is 42.4 Å². The van der Waals surface area contributed by atoms with Gasteiger partial charge in [0.15, 0.2) is 0 Å². The standard InChI is InChI=1S/C19H26N4O3/c1-2-15-6-7-17(26-15)16-13-25-10-9-23(16)19(24)21-12-14-11-20-18-5-3-4-8-22(14)18/h6-7,11,16H,2-5,8-10,12-13H2,1H3,(H,21,24). The second-order valence-electron chi connectivity index (χ2n) is 6.87. The van der Waals surface area contributed by atoms with E-state index in [9.17, 15) is 4.79 Å². The molecule has 2 aromatic rings. The van der Waals surface area contributed by atoms with Crippen molar-refractivity contribution < 1.29 is 13.9 Å². The number of morpholine rings is 1. The number of ether oxygens (including phenoxy) is 1. The fraction of sp³-hybridized carbons (Fsp3) is 0.579. The van der Waals surface area contributed by atoms with Crippen LogP contribution in [0.5, 0.6) is 0 Å². The monoisotopic (exact) mass is 358 g/mol. The van der Waals surface area contributed by atoms with Crippen LogP contribution in [-0.4, -0.2) is 40.2 Å². The number of nitrogens with zero attached hydrogens (tertiary/aromatic N) is 3. The molecule has 7 heteroatoms. The lowest BCUT2D eigenvalue weighted by atomic mass is 10.1. The molecule has 4 heterocycles. The second kappa shape index (κ2) is 7.53. The van der Waals surface area contributed by atoms with E-state index in [-0.39, 0.29) is 12.1 Å². The third-order valence-electron chi connectivity index (χ3n) is 5.22. The predicted molar refractivity (Wildman–Crippen MR) is 95.8 cm³/mol. The summed E-state index contributed by atoms with van der Waals surface area (Å²) in [5.74, 6) is 2.85. The number of furan rings is 1. The molecule has 2 aliphatic rings.